The molecule has 1 aliphatic carbocycles. The van der Waals surface area contributed by atoms with Gasteiger partial charge in [0.1, 0.15) is 6.10 Å². The van der Waals surface area contributed by atoms with E-state index in [4.69, 9.17) is 28.4 Å². The van der Waals surface area contributed by atoms with Crippen molar-refractivity contribution in [2.75, 3.05) is 20.3 Å². The number of hydrogen-bond donors (Lipinski definition) is 0. The largest absolute Gasteiger partial charge is 0.469 e. The maximum Gasteiger partial charge on any atom is 0.305 e. The third-order valence-electron chi connectivity index (χ3n) is 9.00. The number of hydrogen-bond acceptors (Lipinski definition) is 8. The van der Waals surface area contributed by atoms with E-state index >= 15 is 0 Å². The van der Waals surface area contributed by atoms with E-state index in [1.807, 2.05) is 0 Å². The Labute approximate surface area is 253 Å². The molecule has 8 nitrogen and oxygen atoms in total. The normalized spacial score (nSPS) is 29.6. The van der Waals surface area contributed by atoms with E-state index in [0.717, 1.165) is 83.7 Å². The standard InChI is InChI=1S/C34H56O8/c1-5-6-21-34(2,3)30(42-33-18-12-14-23-39-33)20-19-27-26(15-9-7-8-10-16-31(36)37-4)28(40-25-35)24-29(27)41-32-17-11-13-22-38-32/h7,9,19-20,25-30,32-33H,5-6,8,10-18,21-24H2,1-4H3/b9-7-,20-19+/t26-,27-,28-,29-,30-,32?,33?/m1/s1. The van der Waals surface area contributed by atoms with Crippen LogP contribution in [0.15, 0.2) is 24.3 Å². The van der Waals surface area contributed by atoms with E-state index in [-0.39, 0.29) is 54.1 Å². The number of ether oxygens (including phenoxy) is 6. The summed E-state index contributed by atoms with van der Waals surface area (Å²) in [7, 11) is 1.42. The molecule has 2 aliphatic heterocycles. The number of esters is 1. The number of methoxy groups -OCH3 is 1. The van der Waals surface area contributed by atoms with Crippen LogP contribution < -0.4 is 0 Å². The molecule has 0 bridgehead atoms. The SMILES string of the molecule is CCCCC(C)(C)[C@@H](/C=C/[C@@H]1[C@@H](C/C=C\CCCC(=O)OC)[C@H](OC=O)C[C@H]1OC1CCCCO1)OC1CCCCO1. The molecule has 0 aromatic rings. The van der Waals surface area contributed by atoms with Crippen LogP contribution in [0.4, 0.5) is 0 Å². The summed E-state index contributed by atoms with van der Waals surface area (Å²) < 4.78 is 35.6. The minimum atomic E-state index is -0.250. The molecule has 0 N–H and O–H groups in total. The van der Waals surface area contributed by atoms with Gasteiger partial charge in [-0.05, 0) is 69.6 Å². The van der Waals surface area contributed by atoms with Gasteiger partial charge in [-0.3, -0.25) is 9.59 Å². The van der Waals surface area contributed by atoms with E-state index in [1.165, 1.54) is 7.11 Å². The number of allylic oxidation sites excluding steroid dienone is 2. The molecule has 3 fully saturated rings. The summed E-state index contributed by atoms with van der Waals surface area (Å²) in [5.41, 5.74) is -0.0670. The average Bonchev–Trinajstić information content (AvgIpc) is 3.31. The lowest BCUT2D eigenvalue weighted by Gasteiger charge is -2.36. The van der Waals surface area contributed by atoms with Gasteiger partial charge in [0.25, 0.3) is 6.47 Å². The van der Waals surface area contributed by atoms with Crippen molar-refractivity contribution in [3.05, 3.63) is 24.3 Å². The van der Waals surface area contributed by atoms with Gasteiger partial charge in [0.2, 0.25) is 0 Å². The van der Waals surface area contributed by atoms with Crippen LogP contribution in [-0.4, -0.2) is 63.7 Å². The van der Waals surface area contributed by atoms with Crippen molar-refractivity contribution in [1.82, 2.24) is 0 Å². The van der Waals surface area contributed by atoms with Gasteiger partial charge in [0.15, 0.2) is 12.6 Å². The third kappa shape index (κ3) is 11.4. The molecule has 42 heavy (non-hydrogen) atoms. The Balaban J connectivity index is 1.80. The Hall–Kier alpha value is -1.74. The first-order valence-corrected chi connectivity index (χ1v) is 16.4. The van der Waals surface area contributed by atoms with Crippen molar-refractivity contribution >= 4 is 12.4 Å². The fraction of sp³-hybridized carbons (Fsp3) is 0.824. The van der Waals surface area contributed by atoms with Crippen LogP contribution in [0, 0.1) is 17.3 Å². The van der Waals surface area contributed by atoms with Crippen molar-refractivity contribution < 1.29 is 38.0 Å². The number of unbranched alkanes of at least 4 members (excludes halogenated alkanes) is 2. The fourth-order valence-electron chi connectivity index (χ4n) is 6.36. The van der Waals surface area contributed by atoms with Crippen molar-refractivity contribution in [1.29, 1.82) is 0 Å². The minimum Gasteiger partial charge on any atom is -0.469 e. The molecule has 240 valence electrons. The second-order valence-electron chi connectivity index (χ2n) is 12.7. The summed E-state index contributed by atoms with van der Waals surface area (Å²) in [4.78, 5) is 23.0. The molecule has 2 saturated heterocycles. The van der Waals surface area contributed by atoms with Gasteiger partial charge in [0, 0.05) is 37.9 Å². The first-order valence-electron chi connectivity index (χ1n) is 16.4. The maximum absolute atomic E-state index is 11.5. The second kappa shape index (κ2) is 18.8. The molecule has 3 aliphatic rings. The highest BCUT2D eigenvalue weighted by atomic mass is 16.7. The summed E-state index contributed by atoms with van der Waals surface area (Å²) in [6, 6.07) is 0. The van der Waals surface area contributed by atoms with Crippen LogP contribution >= 0.6 is 0 Å². The Morgan fingerprint density at radius 1 is 1.00 bits per heavy atom. The van der Waals surface area contributed by atoms with Crippen LogP contribution in [0.25, 0.3) is 0 Å². The molecule has 0 amide bonds. The zero-order valence-corrected chi connectivity index (χ0v) is 26.5. The van der Waals surface area contributed by atoms with Crippen molar-refractivity contribution in [3.63, 3.8) is 0 Å². The lowest BCUT2D eigenvalue weighted by molar-refractivity contribution is -0.198. The molecule has 2 unspecified atom stereocenters. The van der Waals surface area contributed by atoms with Crippen LogP contribution in [-0.2, 0) is 38.0 Å². The average molecular weight is 593 g/mol. The second-order valence-corrected chi connectivity index (χ2v) is 12.7. The summed E-state index contributed by atoms with van der Waals surface area (Å²) >= 11 is 0. The highest BCUT2D eigenvalue weighted by Crippen LogP contribution is 2.42. The van der Waals surface area contributed by atoms with Gasteiger partial charge in [-0.1, -0.05) is 57.9 Å². The van der Waals surface area contributed by atoms with E-state index in [1.54, 1.807) is 0 Å². The Bertz CT molecular complexity index is 827. The number of rotatable bonds is 18. The molecule has 1 saturated carbocycles. The molecule has 2 heterocycles. The van der Waals surface area contributed by atoms with E-state index in [2.05, 4.69) is 45.1 Å². The van der Waals surface area contributed by atoms with Crippen LogP contribution in [0.2, 0.25) is 0 Å². The highest BCUT2D eigenvalue weighted by Gasteiger charge is 2.45. The van der Waals surface area contributed by atoms with Gasteiger partial charge >= 0.3 is 5.97 Å². The molecule has 0 spiro atoms. The smallest absolute Gasteiger partial charge is 0.305 e. The van der Waals surface area contributed by atoms with Crippen molar-refractivity contribution in [3.8, 4) is 0 Å². The highest BCUT2D eigenvalue weighted by molar-refractivity contribution is 5.69. The molecule has 0 radical (unpaired) electrons. The van der Waals surface area contributed by atoms with E-state index < -0.39 is 0 Å². The first-order chi connectivity index (χ1) is 20.4. The lowest BCUT2D eigenvalue weighted by atomic mass is 9.80. The van der Waals surface area contributed by atoms with Gasteiger partial charge < -0.3 is 28.4 Å². The minimum absolute atomic E-state index is 0.0283. The molecular formula is C34H56O8. The van der Waals surface area contributed by atoms with E-state index in [9.17, 15) is 9.59 Å². The molecule has 0 aromatic carbocycles. The monoisotopic (exact) mass is 592 g/mol. The van der Waals surface area contributed by atoms with Gasteiger partial charge in [0.05, 0.1) is 19.3 Å². The number of carbonyl (C=O) groups excluding carboxylic acids is 2. The number of carbonyl (C=O) groups is 2. The summed E-state index contributed by atoms with van der Waals surface area (Å²) in [6.45, 7) is 8.82. The quantitative estimate of drug-likeness (QED) is 0.0724. The molecule has 8 heteroatoms. The molecule has 7 atom stereocenters. The van der Waals surface area contributed by atoms with Gasteiger partial charge in [-0.2, -0.15) is 0 Å². The van der Waals surface area contributed by atoms with Crippen molar-refractivity contribution in [2.45, 2.75) is 142 Å². The molecule has 0 aromatic heterocycles. The Morgan fingerprint density at radius 3 is 2.38 bits per heavy atom. The van der Waals surface area contributed by atoms with Crippen LogP contribution in [0.3, 0.4) is 0 Å². The first kappa shape index (κ1) is 34.7. The summed E-state index contributed by atoms with van der Waals surface area (Å²) in [5, 5.41) is 0. The van der Waals surface area contributed by atoms with E-state index in [0.29, 0.717) is 25.9 Å². The fourth-order valence-corrected chi connectivity index (χ4v) is 6.36. The van der Waals surface area contributed by atoms with Crippen LogP contribution in [0.5, 0.6) is 0 Å². The predicted octanol–water partition coefficient (Wildman–Crippen LogP) is 7.05. The topological polar surface area (TPSA) is 89.5 Å². The summed E-state index contributed by atoms with van der Waals surface area (Å²) in [5.74, 6) is -0.103. The Morgan fingerprint density at radius 2 is 1.74 bits per heavy atom. The summed E-state index contributed by atoms with van der Waals surface area (Å²) in [6.07, 6.45) is 20.6. The Kier molecular flexibility index (Phi) is 15.6. The maximum atomic E-state index is 11.5. The zero-order chi connectivity index (χ0) is 30.2. The zero-order valence-electron chi connectivity index (χ0n) is 26.5. The predicted molar refractivity (Wildman–Crippen MR) is 162 cm³/mol. The van der Waals surface area contributed by atoms with Crippen LogP contribution in [0.1, 0.15) is 111 Å². The molecule has 3 rings (SSSR count). The van der Waals surface area contributed by atoms with Gasteiger partial charge in [-0.25, -0.2) is 0 Å². The van der Waals surface area contributed by atoms with Crippen molar-refractivity contribution in [2.24, 2.45) is 17.3 Å². The lowest BCUT2D eigenvalue weighted by Crippen LogP contribution is -2.37. The third-order valence-corrected chi connectivity index (χ3v) is 9.00. The van der Waals surface area contributed by atoms with Gasteiger partial charge in [-0.15, -0.1) is 0 Å². The molecular weight excluding hydrogens is 536 g/mol.